The molecule has 0 N–H and O–H groups in total. The first-order chi connectivity index (χ1) is 28.3. The van der Waals surface area contributed by atoms with E-state index in [0.717, 1.165) is 67.2 Å². The maximum atomic E-state index is 6.59. The highest BCUT2D eigenvalue weighted by molar-refractivity contribution is 6.09. The molecule has 2 aliphatic rings. The Kier molecular flexibility index (Phi) is 6.78. The molecule has 0 atom stereocenters. The van der Waals surface area contributed by atoms with Gasteiger partial charge in [0, 0.05) is 44.3 Å². The molecular weight excluding hydrogens is 697 g/mol. The zero-order chi connectivity index (χ0) is 37.5. The maximum absolute atomic E-state index is 6.59. The highest BCUT2D eigenvalue weighted by Crippen LogP contribution is 2.63. The van der Waals surface area contributed by atoms with E-state index in [9.17, 15) is 0 Å². The molecule has 5 heteroatoms. The number of fused-ring (bicyclic) bond motifs is 12. The fraction of sp³-hybridized carbons (Fsp3) is 0.0192. The zero-order valence-electron chi connectivity index (χ0n) is 30.7. The van der Waals surface area contributed by atoms with Gasteiger partial charge in [-0.1, -0.05) is 158 Å². The van der Waals surface area contributed by atoms with Gasteiger partial charge in [0.25, 0.3) is 0 Å². The lowest BCUT2D eigenvalue weighted by molar-refractivity contribution is 0.436. The monoisotopic (exact) mass is 728 g/mol. The number of aromatic nitrogens is 4. The molecule has 1 aliphatic carbocycles. The second kappa shape index (κ2) is 12.2. The summed E-state index contributed by atoms with van der Waals surface area (Å²) in [7, 11) is 0. The van der Waals surface area contributed by atoms with Crippen molar-refractivity contribution in [3.63, 3.8) is 0 Å². The summed E-state index contributed by atoms with van der Waals surface area (Å²) >= 11 is 0. The van der Waals surface area contributed by atoms with Gasteiger partial charge in [0.1, 0.15) is 11.5 Å². The number of ether oxygens (including phenoxy) is 1. The van der Waals surface area contributed by atoms with Crippen molar-refractivity contribution in [2.75, 3.05) is 0 Å². The van der Waals surface area contributed by atoms with Gasteiger partial charge >= 0.3 is 0 Å². The largest absolute Gasteiger partial charge is 0.457 e. The first kappa shape index (κ1) is 31.7. The molecule has 0 radical (unpaired) electrons. The Hall–Kier alpha value is -7.63. The highest BCUT2D eigenvalue weighted by atomic mass is 16.5. The van der Waals surface area contributed by atoms with Gasteiger partial charge in [0.05, 0.1) is 16.4 Å². The minimum atomic E-state index is -0.595. The van der Waals surface area contributed by atoms with Crippen molar-refractivity contribution < 1.29 is 4.74 Å². The topological polar surface area (TPSA) is 52.8 Å². The van der Waals surface area contributed by atoms with Crippen molar-refractivity contribution in [2.45, 2.75) is 5.41 Å². The van der Waals surface area contributed by atoms with E-state index in [4.69, 9.17) is 19.7 Å². The van der Waals surface area contributed by atoms with Crippen molar-refractivity contribution in [3.8, 4) is 62.5 Å². The van der Waals surface area contributed by atoms with E-state index in [0.29, 0.717) is 17.5 Å². The summed E-state index contributed by atoms with van der Waals surface area (Å²) in [4.78, 5) is 15.8. The van der Waals surface area contributed by atoms with Crippen molar-refractivity contribution in [3.05, 3.63) is 216 Å². The molecule has 266 valence electrons. The second-order valence-corrected chi connectivity index (χ2v) is 14.7. The predicted molar refractivity (Wildman–Crippen MR) is 228 cm³/mol. The standard InChI is InChI=1S/C52H32N4O/c1-2-16-33(17-3-1)49-53-50(34-18-14-19-35(32-34)56-44-28-10-5-20-36(44)37-21-6-11-29-45(37)56)55-51(54-49)39-23-15-27-43-48(39)38-22-4-7-24-40(38)52(43)41-25-8-12-30-46(41)57-47-31-13-9-26-42(47)52/h1-32H. The smallest absolute Gasteiger partial charge is 0.164 e. The SMILES string of the molecule is c1ccc(-c2nc(-c3cccc(-n4c5ccccc5c5ccccc54)c3)nc(-c3cccc4c3-c3ccccc3C43c4ccccc4Oc4ccccc43)n2)cc1. The maximum Gasteiger partial charge on any atom is 0.164 e. The Morgan fingerprint density at radius 1 is 0.386 bits per heavy atom. The Morgan fingerprint density at radius 2 is 0.895 bits per heavy atom. The van der Waals surface area contributed by atoms with Crippen LogP contribution in [0, 0.1) is 0 Å². The predicted octanol–water partition coefficient (Wildman–Crippen LogP) is 12.4. The number of rotatable bonds is 4. The highest BCUT2D eigenvalue weighted by Gasteiger charge is 2.51. The molecule has 2 aromatic heterocycles. The lowest BCUT2D eigenvalue weighted by atomic mass is 9.66. The van der Waals surface area contributed by atoms with Crippen LogP contribution in [0.1, 0.15) is 22.3 Å². The van der Waals surface area contributed by atoms with Crippen molar-refractivity contribution in [1.29, 1.82) is 0 Å². The van der Waals surface area contributed by atoms with Crippen LogP contribution in [0.4, 0.5) is 0 Å². The van der Waals surface area contributed by atoms with Crippen LogP contribution in [-0.4, -0.2) is 19.5 Å². The minimum absolute atomic E-state index is 0.595. The third-order valence-corrected chi connectivity index (χ3v) is 11.7. The van der Waals surface area contributed by atoms with Crippen LogP contribution in [0.3, 0.4) is 0 Å². The lowest BCUT2D eigenvalue weighted by Crippen LogP contribution is -2.32. The quantitative estimate of drug-likeness (QED) is 0.181. The summed E-state index contributed by atoms with van der Waals surface area (Å²) in [5.41, 5.74) is 12.5. The first-order valence-corrected chi connectivity index (χ1v) is 19.3. The molecule has 57 heavy (non-hydrogen) atoms. The summed E-state index contributed by atoms with van der Waals surface area (Å²) < 4.78 is 8.92. The van der Waals surface area contributed by atoms with Crippen LogP contribution in [0.5, 0.6) is 11.5 Å². The molecule has 0 bridgehead atoms. The third-order valence-electron chi connectivity index (χ3n) is 11.7. The second-order valence-electron chi connectivity index (χ2n) is 14.7. The Bertz CT molecular complexity index is 3140. The van der Waals surface area contributed by atoms with E-state index in [-0.39, 0.29) is 0 Å². The number of hydrogen-bond acceptors (Lipinski definition) is 4. The van der Waals surface area contributed by atoms with E-state index in [1.54, 1.807) is 0 Å². The van der Waals surface area contributed by atoms with E-state index in [2.05, 4.69) is 168 Å². The molecule has 3 heterocycles. The first-order valence-electron chi connectivity index (χ1n) is 19.3. The molecule has 8 aromatic carbocycles. The van der Waals surface area contributed by atoms with Crippen LogP contribution in [0.2, 0.25) is 0 Å². The molecule has 0 fully saturated rings. The summed E-state index contributed by atoms with van der Waals surface area (Å²) in [6.07, 6.45) is 0. The molecule has 0 amide bonds. The summed E-state index contributed by atoms with van der Waals surface area (Å²) in [6, 6.07) is 68.2. The number of benzene rings is 8. The van der Waals surface area contributed by atoms with Crippen LogP contribution < -0.4 is 4.74 Å². The van der Waals surface area contributed by atoms with Gasteiger partial charge < -0.3 is 9.30 Å². The number of nitrogens with zero attached hydrogens (tertiary/aromatic N) is 4. The molecule has 5 nitrogen and oxygen atoms in total. The van der Waals surface area contributed by atoms with Crippen LogP contribution >= 0.6 is 0 Å². The van der Waals surface area contributed by atoms with E-state index >= 15 is 0 Å². The van der Waals surface area contributed by atoms with Gasteiger partial charge in [-0.3, -0.25) is 0 Å². The van der Waals surface area contributed by atoms with Gasteiger partial charge in [-0.05, 0) is 58.7 Å². The average molecular weight is 729 g/mol. The van der Waals surface area contributed by atoms with Crippen LogP contribution in [-0.2, 0) is 5.41 Å². The van der Waals surface area contributed by atoms with Gasteiger partial charge in [-0.15, -0.1) is 0 Å². The van der Waals surface area contributed by atoms with Gasteiger partial charge in [-0.2, -0.15) is 0 Å². The Balaban J connectivity index is 1.11. The number of para-hydroxylation sites is 4. The Morgan fingerprint density at radius 3 is 1.61 bits per heavy atom. The average Bonchev–Trinajstić information content (AvgIpc) is 3.78. The van der Waals surface area contributed by atoms with E-state index in [1.807, 2.05) is 30.3 Å². The van der Waals surface area contributed by atoms with Crippen LogP contribution in [0.25, 0.3) is 72.8 Å². The molecule has 12 rings (SSSR count). The summed E-state index contributed by atoms with van der Waals surface area (Å²) in [5.74, 6) is 3.58. The lowest BCUT2D eigenvalue weighted by Gasteiger charge is -2.39. The van der Waals surface area contributed by atoms with Crippen molar-refractivity contribution >= 4 is 21.8 Å². The van der Waals surface area contributed by atoms with Crippen molar-refractivity contribution in [1.82, 2.24) is 19.5 Å². The fourth-order valence-electron chi connectivity index (χ4n) is 9.42. The summed E-state index contributed by atoms with van der Waals surface area (Å²) in [6.45, 7) is 0. The molecule has 0 saturated heterocycles. The molecule has 0 unspecified atom stereocenters. The van der Waals surface area contributed by atoms with Gasteiger partial charge in [0.2, 0.25) is 0 Å². The molecule has 1 aliphatic heterocycles. The van der Waals surface area contributed by atoms with Gasteiger partial charge in [0.15, 0.2) is 17.5 Å². The van der Waals surface area contributed by atoms with E-state index in [1.165, 1.54) is 21.9 Å². The van der Waals surface area contributed by atoms with Crippen LogP contribution in [0.15, 0.2) is 194 Å². The molecule has 10 aromatic rings. The molecular formula is C52H32N4O. The Labute approximate surface area is 329 Å². The third kappa shape index (κ3) is 4.54. The fourth-order valence-corrected chi connectivity index (χ4v) is 9.42. The zero-order valence-corrected chi connectivity index (χ0v) is 30.7. The van der Waals surface area contributed by atoms with E-state index < -0.39 is 5.41 Å². The minimum Gasteiger partial charge on any atom is -0.457 e. The molecule has 1 spiro atoms. The van der Waals surface area contributed by atoms with Gasteiger partial charge in [-0.25, -0.2) is 15.0 Å². The normalized spacial score (nSPS) is 13.2. The summed E-state index contributed by atoms with van der Waals surface area (Å²) in [5, 5.41) is 2.44. The number of hydrogen-bond donors (Lipinski definition) is 0. The van der Waals surface area contributed by atoms with Crippen molar-refractivity contribution in [2.24, 2.45) is 0 Å². The molecule has 0 saturated carbocycles.